The van der Waals surface area contributed by atoms with Gasteiger partial charge in [0.1, 0.15) is 0 Å². The fourth-order valence-corrected chi connectivity index (χ4v) is 4.72. The van der Waals surface area contributed by atoms with Crippen molar-refractivity contribution in [2.45, 2.75) is 44.3 Å². The zero-order valence-electron chi connectivity index (χ0n) is 14.4. The minimum absolute atomic E-state index is 0.0423. The van der Waals surface area contributed by atoms with Gasteiger partial charge in [-0.2, -0.15) is 0 Å². The molecule has 1 aromatic rings. The van der Waals surface area contributed by atoms with Crippen molar-refractivity contribution in [3.05, 3.63) is 40.0 Å². The van der Waals surface area contributed by atoms with Crippen molar-refractivity contribution >= 4 is 21.9 Å². The summed E-state index contributed by atoms with van der Waals surface area (Å²) in [6.07, 6.45) is 4.48. The molecule has 0 bridgehead atoms. The van der Waals surface area contributed by atoms with Crippen molar-refractivity contribution in [2.24, 2.45) is 0 Å². The largest absolute Gasteiger partial charge is 0.463 e. The summed E-state index contributed by atoms with van der Waals surface area (Å²) in [6, 6.07) is 3.94. The lowest BCUT2D eigenvalue weighted by Crippen LogP contribution is -2.12. The lowest BCUT2D eigenvalue weighted by atomic mass is 9.97. The molecular weight excluding hydrogens is 343 g/mol. The molecule has 0 spiro atoms. The zero-order chi connectivity index (χ0) is 18.0. The first-order chi connectivity index (χ1) is 11.9. The first-order valence-corrected chi connectivity index (χ1v) is 10.6. The van der Waals surface area contributed by atoms with Crippen LogP contribution in [0.1, 0.15) is 54.4 Å². The normalized spacial score (nSPS) is 16.5. The Morgan fingerprint density at radius 2 is 2.08 bits per heavy atom. The zero-order valence-corrected chi connectivity index (χ0v) is 15.2. The van der Waals surface area contributed by atoms with Crippen LogP contribution in [0.4, 0.5) is 4.39 Å². The van der Waals surface area contributed by atoms with Crippen LogP contribution in [0.3, 0.4) is 0 Å². The Hall–Kier alpha value is -1.69. The Kier molecular flexibility index (Phi) is 5.27. The van der Waals surface area contributed by atoms with E-state index in [1.54, 1.807) is 6.92 Å². The second-order valence-electron chi connectivity index (χ2n) is 6.73. The second kappa shape index (κ2) is 7.28. The van der Waals surface area contributed by atoms with Crippen molar-refractivity contribution in [1.82, 2.24) is 0 Å². The van der Waals surface area contributed by atoms with Crippen LogP contribution in [-0.2, 0) is 31.5 Å². The number of ether oxygens (including phenoxy) is 1. The summed E-state index contributed by atoms with van der Waals surface area (Å²) >= 11 is 0. The number of halogens is 1. The summed E-state index contributed by atoms with van der Waals surface area (Å²) in [5.41, 5.74) is 4.41. The van der Waals surface area contributed by atoms with Crippen molar-refractivity contribution in [3.8, 4) is 0 Å². The van der Waals surface area contributed by atoms with E-state index in [-0.39, 0.29) is 23.9 Å². The third-order valence-corrected chi connectivity index (χ3v) is 6.29. The molecule has 0 N–H and O–H groups in total. The number of carbonyl (C=O) groups excluding carboxylic acids is 1. The SMILES string of the molecule is CCOC(=O)C1=Cc2cc(C3CC3)c(CS(=O)(=O)CCCF)cc2C1. The molecule has 2 aliphatic carbocycles. The number of rotatable bonds is 8. The van der Waals surface area contributed by atoms with Crippen LogP contribution in [0.15, 0.2) is 17.7 Å². The number of alkyl halides is 1. The van der Waals surface area contributed by atoms with E-state index in [2.05, 4.69) is 0 Å². The number of esters is 1. The predicted molar refractivity (Wildman–Crippen MR) is 94.8 cm³/mol. The predicted octanol–water partition coefficient (Wildman–Crippen LogP) is 3.34. The molecule has 0 amide bonds. The Morgan fingerprint density at radius 3 is 2.72 bits per heavy atom. The fourth-order valence-electron chi connectivity index (χ4n) is 3.30. The van der Waals surface area contributed by atoms with Crippen molar-refractivity contribution in [2.75, 3.05) is 19.0 Å². The maximum absolute atomic E-state index is 12.3. The smallest absolute Gasteiger partial charge is 0.334 e. The Morgan fingerprint density at radius 1 is 1.32 bits per heavy atom. The fraction of sp³-hybridized carbons (Fsp3) is 0.526. The van der Waals surface area contributed by atoms with Gasteiger partial charge in [0.2, 0.25) is 0 Å². The molecule has 136 valence electrons. The third-order valence-electron chi connectivity index (χ3n) is 4.63. The van der Waals surface area contributed by atoms with Crippen molar-refractivity contribution in [3.63, 3.8) is 0 Å². The average molecular weight is 366 g/mol. The van der Waals surface area contributed by atoms with Crippen LogP contribution < -0.4 is 0 Å². The maximum Gasteiger partial charge on any atom is 0.334 e. The summed E-state index contributed by atoms with van der Waals surface area (Å²) in [6.45, 7) is 1.48. The van der Waals surface area contributed by atoms with Gasteiger partial charge in [-0.15, -0.1) is 0 Å². The highest BCUT2D eigenvalue weighted by Gasteiger charge is 2.30. The van der Waals surface area contributed by atoms with Gasteiger partial charge in [-0.05, 0) is 60.4 Å². The van der Waals surface area contributed by atoms with E-state index in [0.717, 1.165) is 35.1 Å². The van der Waals surface area contributed by atoms with E-state index in [1.165, 1.54) is 0 Å². The lowest BCUT2D eigenvalue weighted by molar-refractivity contribution is -0.138. The first-order valence-electron chi connectivity index (χ1n) is 8.73. The highest BCUT2D eigenvalue weighted by atomic mass is 32.2. The summed E-state index contributed by atoms with van der Waals surface area (Å²) in [4.78, 5) is 12.0. The quantitative estimate of drug-likeness (QED) is 0.662. The molecule has 3 rings (SSSR count). The van der Waals surface area contributed by atoms with Gasteiger partial charge in [0.15, 0.2) is 9.84 Å². The summed E-state index contributed by atoms with van der Waals surface area (Å²) in [5.74, 6) is -0.0989. The monoisotopic (exact) mass is 366 g/mol. The van der Waals surface area contributed by atoms with E-state index in [4.69, 9.17) is 4.74 Å². The molecule has 0 aliphatic heterocycles. The van der Waals surface area contributed by atoms with Crippen LogP contribution >= 0.6 is 0 Å². The van der Waals surface area contributed by atoms with E-state index in [0.29, 0.717) is 24.5 Å². The van der Waals surface area contributed by atoms with Crippen LogP contribution in [0.5, 0.6) is 0 Å². The summed E-state index contributed by atoms with van der Waals surface area (Å²) in [7, 11) is -3.33. The summed E-state index contributed by atoms with van der Waals surface area (Å²) < 4.78 is 41.9. The van der Waals surface area contributed by atoms with E-state index < -0.39 is 16.5 Å². The molecule has 1 saturated carbocycles. The molecular formula is C19H23FO4S. The molecule has 1 fully saturated rings. The molecule has 0 aromatic heterocycles. The average Bonchev–Trinajstić information content (AvgIpc) is 3.32. The van der Waals surface area contributed by atoms with Gasteiger partial charge in [0.25, 0.3) is 0 Å². The van der Waals surface area contributed by atoms with E-state index in [9.17, 15) is 17.6 Å². The highest BCUT2D eigenvalue weighted by Crippen LogP contribution is 2.44. The van der Waals surface area contributed by atoms with Crippen molar-refractivity contribution in [1.29, 1.82) is 0 Å². The minimum atomic E-state index is -3.33. The van der Waals surface area contributed by atoms with Gasteiger partial charge in [-0.25, -0.2) is 13.2 Å². The number of hydrogen-bond donors (Lipinski definition) is 0. The number of sulfone groups is 1. The molecule has 2 aliphatic rings. The van der Waals surface area contributed by atoms with Gasteiger partial charge in [0, 0.05) is 12.0 Å². The lowest BCUT2D eigenvalue weighted by Gasteiger charge is -2.12. The van der Waals surface area contributed by atoms with Crippen LogP contribution in [0.2, 0.25) is 0 Å². The standard InChI is InChI=1S/C19H23FO4S/c1-2-24-19(21)16-8-14-10-17(12-25(22,23)7-3-6-20)18(13-4-5-13)11-15(14)9-16/h9-11,13H,2-8,12H2,1H3. The molecule has 25 heavy (non-hydrogen) atoms. The highest BCUT2D eigenvalue weighted by molar-refractivity contribution is 7.90. The molecule has 4 nitrogen and oxygen atoms in total. The van der Waals surface area contributed by atoms with Crippen LogP contribution in [0, 0.1) is 0 Å². The van der Waals surface area contributed by atoms with Crippen molar-refractivity contribution < 1.29 is 22.3 Å². The van der Waals surface area contributed by atoms with E-state index in [1.807, 2.05) is 18.2 Å². The van der Waals surface area contributed by atoms with Crippen LogP contribution in [0.25, 0.3) is 6.08 Å². The number of hydrogen-bond acceptors (Lipinski definition) is 4. The molecule has 1 aromatic carbocycles. The Balaban J connectivity index is 1.87. The topological polar surface area (TPSA) is 60.4 Å². The van der Waals surface area contributed by atoms with Gasteiger partial charge in [-0.1, -0.05) is 12.1 Å². The Labute approximate surface area is 148 Å². The summed E-state index contributed by atoms with van der Waals surface area (Å²) in [5, 5.41) is 0. The third kappa shape index (κ3) is 4.29. The number of carbonyl (C=O) groups is 1. The van der Waals surface area contributed by atoms with Gasteiger partial charge in [-0.3, -0.25) is 4.39 Å². The molecule has 0 radical (unpaired) electrons. The number of fused-ring (bicyclic) bond motifs is 1. The maximum atomic E-state index is 12.3. The second-order valence-corrected chi connectivity index (χ2v) is 8.91. The van der Waals surface area contributed by atoms with Gasteiger partial charge < -0.3 is 4.74 Å². The molecule has 0 saturated heterocycles. The minimum Gasteiger partial charge on any atom is -0.463 e. The number of benzene rings is 1. The Bertz CT molecular complexity index is 807. The molecule has 0 unspecified atom stereocenters. The molecule has 0 atom stereocenters. The first kappa shape index (κ1) is 18.1. The molecule has 0 heterocycles. The van der Waals surface area contributed by atoms with Gasteiger partial charge in [0.05, 0.1) is 24.8 Å². The molecule has 6 heteroatoms. The van der Waals surface area contributed by atoms with E-state index >= 15 is 0 Å². The van der Waals surface area contributed by atoms with Crippen LogP contribution in [-0.4, -0.2) is 33.4 Å². The van der Waals surface area contributed by atoms with Gasteiger partial charge >= 0.3 is 5.97 Å².